The molecule has 0 spiro atoms. The maximum Gasteiger partial charge on any atom is 0.245 e. The van der Waals surface area contributed by atoms with Gasteiger partial charge in [0.05, 0.1) is 11.9 Å². The van der Waals surface area contributed by atoms with Gasteiger partial charge in [0.25, 0.3) is 0 Å². The molecule has 122 valence electrons. The standard InChI is InChI=1S/C15H14BrClN2O3S/c1-23(21,22)19(14-7-5-12(17)6-8-14)10-15(20)18-13-4-2-3-11(16)9-13/h2-9H,10H2,1H3,(H,18,20). The molecule has 2 aromatic carbocycles. The van der Waals surface area contributed by atoms with Gasteiger partial charge in [-0.05, 0) is 42.5 Å². The highest BCUT2D eigenvalue weighted by molar-refractivity contribution is 9.10. The van der Waals surface area contributed by atoms with Gasteiger partial charge in [-0.25, -0.2) is 8.42 Å². The molecular formula is C15H14BrClN2O3S. The van der Waals surface area contributed by atoms with E-state index in [2.05, 4.69) is 21.2 Å². The number of rotatable bonds is 5. The lowest BCUT2D eigenvalue weighted by atomic mass is 10.3. The van der Waals surface area contributed by atoms with Gasteiger partial charge in [-0.2, -0.15) is 0 Å². The Morgan fingerprint density at radius 2 is 1.87 bits per heavy atom. The molecule has 23 heavy (non-hydrogen) atoms. The smallest absolute Gasteiger partial charge is 0.245 e. The van der Waals surface area contributed by atoms with Gasteiger partial charge in [0.2, 0.25) is 15.9 Å². The van der Waals surface area contributed by atoms with Crippen LogP contribution in [0.1, 0.15) is 0 Å². The van der Waals surface area contributed by atoms with Gasteiger partial charge in [-0.15, -0.1) is 0 Å². The van der Waals surface area contributed by atoms with Crippen molar-refractivity contribution >= 4 is 54.8 Å². The Morgan fingerprint density at radius 1 is 1.22 bits per heavy atom. The third-order valence-electron chi connectivity index (χ3n) is 2.91. The lowest BCUT2D eigenvalue weighted by molar-refractivity contribution is -0.114. The van der Waals surface area contributed by atoms with E-state index in [1.54, 1.807) is 42.5 Å². The monoisotopic (exact) mass is 416 g/mol. The number of anilines is 2. The molecule has 1 amide bonds. The predicted octanol–water partition coefficient (Wildman–Crippen LogP) is 3.51. The maximum atomic E-state index is 12.2. The van der Waals surface area contributed by atoms with Crippen molar-refractivity contribution < 1.29 is 13.2 Å². The lowest BCUT2D eigenvalue weighted by Gasteiger charge is -2.22. The summed E-state index contributed by atoms with van der Waals surface area (Å²) in [6.45, 7) is -0.326. The number of hydrogen-bond acceptors (Lipinski definition) is 3. The molecule has 0 aromatic heterocycles. The van der Waals surface area contributed by atoms with Crippen LogP contribution in [0.25, 0.3) is 0 Å². The van der Waals surface area contributed by atoms with Crippen LogP contribution in [-0.2, 0) is 14.8 Å². The zero-order chi connectivity index (χ0) is 17.0. The van der Waals surface area contributed by atoms with Crippen LogP contribution < -0.4 is 9.62 Å². The second-order valence-corrected chi connectivity index (χ2v) is 8.06. The number of nitrogens with one attached hydrogen (secondary N) is 1. The van der Waals surface area contributed by atoms with Crippen molar-refractivity contribution in [2.45, 2.75) is 0 Å². The summed E-state index contributed by atoms with van der Waals surface area (Å²) in [5.74, 6) is -0.441. The maximum absolute atomic E-state index is 12.2. The first kappa shape index (κ1) is 17.8. The molecule has 0 aliphatic heterocycles. The van der Waals surface area contributed by atoms with Crippen molar-refractivity contribution in [3.63, 3.8) is 0 Å². The Kier molecular flexibility index (Phi) is 5.67. The van der Waals surface area contributed by atoms with Crippen molar-refractivity contribution in [1.29, 1.82) is 0 Å². The molecule has 0 bridgehead atoms. The quantitative estimate of drug-likeness (QED) is 0.809. The van der Waals surface area contributed by atoms with E-state index in [0.717, 1.165) is 15.0 Å². The van der Waals surface area contributed by atoms with Crippen molar-refractivity contribution in [2.24, 2.45) is 0 Å². The number of carbonyl (C=O) groups excluding carboxylic acids is 1. The van der Waals surface area contributed by atoms with Crippen molar-refractivity contribution in [2.75, 3.05) is 22.4 Å². The largest absolute Gasteiger partial charge is 0.324 e. The molecule has 0 aliphatic carbocycles. The summed E-state index contributed by atoms with van der Waals surface area (Å²) in [6, 6.07) is 13.3. The first-order chi connectivity index (χ1) is 10.8. The van der Waals surface area contributed by atoms with Crippen molar-refractivity contribution in [3.05, 3.63) is 58.0 Å². The number of halogens is 2. The molecule has 0 atom stereocenters. The van der Waals surface area contributed by atoms with Gasteiger partial charge >= 0.3 is 0 Å². The van der Waals surface area contributed by atoms with Gasteiger partial charge in [0, 0.05) is 15.2 Å². The summed E-state index contributed by atoms with van der Waals surface area (Å²) in [6.07, 6.45) is 1.05. The fourth-order valence-electron chi connectivity index (χ4n) is 1.90. The van der Waals surface area contributed by atoms with Gasteiger partial charge in [-0.1, -0.05) is 33.6 Å². The highest BCUT2D eigenvalue weighted by Crippen LogP contribution is 2.21. The van der Waals surface area contributed by atoms with E-state index in [4.69, 9.17) is 11.6 Å². The molecule has 0 radical (unpaired) electrons. The van der Waals surface area contributed by atoms with Crippen molar-refractivity contribution in [1.82, 2.24) is 0 Å². The molecular weight excluding hydrogens is 404 g/mol. The van der Waals surface area contributed by atoms with Crippen LogP contribution in [0.15, 0.2) is 53.0 Å². The van der Waals surface area contributed by atoms with E-state index in [0.29, 0.717) is 16.4 Å². The summed E-state index contributed by atoms with van der Waals surface area (Å²) in [5.41, 5.74) is 0.954. The molecule has 1 N–H and O–H groups in total. The second kappa shape index (κ2) is 7.33. The predicted molar refractivity (Wildman–Crippen MR) is 96.4 cm³/mol. The molecule has 8 heteroatoms. The number of nitrogens with zero attached hydrogens (tertiary/aromatic N) is 1. The average molecular weight is 418 g/mol. The summed E-state index contributed by atoms with van der Waals surface area (Å²) < 4.78 is 25.8. The third-order valence-corrected chi connectivity index (χ3v) is 4.80. The van der Waals surface area contributed by atoms with E-state index >= 15 is 0 Å². The SMILES string of the molecule is CS(=O)(=O)N(CC(=O)Nc1cccc(Br)c1)c1ccc(Cl)cc1. The highest BCUT2D eigenvalue weighted by atomic mass is 79.9. The lowest BCUT2D eigenvalue weighted by Crippen LogP contribution is -2.37. The number of carbonyl (C=O) groups is 1. The van der Waals surface area contributed by atoms with E-state index in [1.807, 2.05) is 6.07 Å². The molecule has 5 nitrogen and oxygen atoms in total. The minimum absolute atomic E-state index is 0.326. The molecule has 0 aliphatic rings. The number of sulfonamides is 1. The Labute approximate surface area is 148 Å². The molecule has 0 unspecified atom stereocenters. The van der Waals surface area contributed by atoms with Crippen LogP contribution in [0.5, 0.6) is 0 Å². The van der Waals surface area contributed by atoms with Crippen LogP contribution in [-0.4, -0.2) is 27.1 Å². The number of benzene rings is 2. The summed E-state index contributed by atoms with van der Waals surface area (Å²) in [4.78, 5) is 12.2. The van der Waals surface area contributed by atoms with Crippen LogP contribution in [0.2, 0.25) is 5.02 Å². The Morgan fingerprint density at radius 3 is 2.43 bits per heavy atom. The van der Waals surface area contributed by atoms with Gasteiger partial charge in [-0.3, -0.25) is 9.10 Å². The van der Waals surface area contributed by atoms with E-state index in [9.17, 15) is 13.2 Å². The summed E-state index contributed by atoms with van der Waals surface area (Å²) >= 11 is 9.11. The molecule has 0 saturated heterocycles. The molecule has 0 heterocycles. The minimum atomic E-state index is -3.61. The van der Waals surface area contributed by atoms with Gasteiger partial charge in [0.15, 0.2) is 0 Å². The normalized spacial score (nSPS) is 11.1. The van der Waals surface area contributed by atoms with Crippen LogP contribution in [0.4, 0.5) is 11.4 Å². The topological polar surface area (TPSA) is 66.5 Å². The third kappa shape index (κ3) is 5.23. The fraction of sp³-hybridized carbons (Fsp3) is 0.133. The van der Waals surface area contributed by atoms with Crippen LogP contribution in [0, 0.1) is 0 Å². The number of amides is 1. The Hall–Kier alpha value is -1.57. The fourth-order valence-corrected chi connectivity index (χ4v) is 3.29. The summed E-state index contributed by atoms with van der Waals surface area (Å²) in [7, 11) is -3.61. The van der Waals surface area contributed by atoms with E-state index < -0.39 is 15.9 Å². The van der Waals surface area contributed by atoms with E-state index in [1.165, 1.54) is 0 Å². The van der Waals surface area contributed by atoms with E-state index in [-0.39, 0.29) is 6.54 Å². The molecule has 2 rings (SSSR count). The Bertz CT molecular complexity index is 810. The zero-order valence-corrected chi connectivity index (χ0v) is 15.3. The average Bonchev–Trinajstić information content (AvgIpc) is 2.45. The van der Waals surface area contributed by atoms with Crippen LogP contribution in [0.3, 0.4) is 0 Å². The highest BCUT2D eigenvalue weighted by Gasteiger charge is 2.20. The zero-order valence-electron chi connectivity index (χ0n) is 12.2. The first-order valence-corrected chi connectivity index (χ1v) is 9.56. The van der Waals surface area contributed by atoms with Gasteiger partial charge < -0.3 is 5.32 Å². The second-order valence-electron chi connectivity index (χ2n) is 4.80. The molecule has 0 fully saturated rings. The summed E-state index contributed by atoms with van der Waals surface area (Å²) in [5, 5.41) is 3.15. The van der Waals surface area contributed by atoms with Crippen LogP contribution >= 0.6 is 27.5 Å². The minimum Gasteiger partial charge on any atom is -0.324 e. The number of hydrogen-bond donors (Lipinski definition) is 1. The van der Waals surface area contributed by atoms with Gasteiger partial charge in [0.1, 0.15) is 6.54 Å². The Balaban J connectivity index is 2.18. The molecule has 2 aromatic rings. The first-order valence-electron chi connectivity index (χ1n) is 6.54. The molecule has 0 saturated carbocycles. The van der Waals surface area contributed by atoms with Crippen molar-refractivity contribution in [3.8, 4) is 0 Å².